The SMILES string of the molecule is COc1ccc(C=CCC(C)C2OC2=O)cc1. The maximum absolute atomic E-state index is 10.8. The highest BCUT2D eigenvalue weighted by Crippen LogP contribution is 2.25. The van der Waals surface area contributed by atoms with E-state index in [4.69, 9.17) is 9.47 Å². The minimum Gasteiger partial charge on any atom is -0.497 e. The van der Waals surface area contributed by atoms with E-state index in [1.54, 1.807) is 7.11 Å². The number of carbonyl (C=O) groups excluding carboxylic acids is 1. The average molecular weight is 232 g/mol. The third-order valence-electron chi connectivity index (χ3n) is 2.87. The van der Waals surface area contributed by atoms with E-state index in [1.165, 1.54) is 0 Å². The lowest BCUT2D eigenvalue weighted by molar-refractivity contribution is -0.117. The molecule has 1 heterocycles. The van der Waals surface area contributed by atoms with Gasteiger partial charge in [0.25, 0.3) is 0 Å². The van der Waals surface area contributed by atoms with Crippen LogP contribution in [0.15, 0.2) is 30.3 Å². The zero-order valence-corrected chi connectivity index (χ0v) is 10.1. The minimum atomic E-state index is -0.171. The molecule has 0 aromatic heterocycles. The van der Waals surface area contributed by atoms with Crippen LogP contribution in [0.5, 0.6) is 5.75 Å². The quantitative estimate of drug-likeness (QED) is 0.732. The Hall–Kier alpha value is -1.77. The number of benzene rings is 1. The summed E-state index contributed by atoms with van der Waals surface area (Å²) >= 11 is 0. The molecule has 17 heavy (non-hydrogen) atoms. The first-order valence-corrected chi connectivity index (χ1v) is 5.72. The van der Waals surface area contributed by atoms with E-state index >= 15 is 0 Å². The highest BCUT2D eigenvalue weighted by molar-refractivity contribution is 5.87. The lowest BCUT2D eigenvalue weighted by Crippen LogP contribution is -2.02. The number of methoxy groups -OCH3 is 1. The van der Waals surface area contributed by atoms with E-state index in [2.05, 4.69) is 6.08 Å². The van der Waals surface area contributed by atoms with Gasteiger partial charge in [0.15, 0.2) is 0 Å². The Bertz CT molecular complexity index is 420. The molecule has 0 amide bonds. The molecule has 2 rings (SSSR count). The van der Waals surface area contributed by atoms with Crippen LogP contribution < -0.4 is 4.74 Å². The molecule has 1 aromatic carbocycles. The van der Waals surface area contributed by atoms with Gasteiger partial charge in [-0.3, -0.25) is 0 Å². The summed E-state index contributed by atoms with van der Waals surface area (Å²) in [5, 5.41) is 0. The second-order valence-corrected chi connectivity index (χ2v) is 4.25. The summed E-state index contributed by atoms with van der Waals surface area (Å²) in [4.78, 5) is 10.8. The zero-order chi connectivity index (χ0) is 12.3. The van der Waals surface area contributed by atoms with Crippen molar-refractivity contribution < 1.29 is 14.3 Å². The van der Waals surface area contributed by atoms with Crippen molar-refractivity contribution in [3.8, 4) is 5.75 Å². The number of rotatable bonds is 5. The van der Waals surface area contributed by atoms with E-state index in [0.717, 1.165) is 17.7 Å². The lowest BCUT2D eigenvalue weighted by atomic mass is 10.0. The van der Waals surface area contributed by atoms with Crippen molar-refractivity contribution in [1.29, 1.82) is 0 Å². The van der Waals surface area contributed by atoms with Crippen molar-refractivity contribution in [2.75, 3.05) is 7.11 Å². The highest BCUT2D eigenvalue weighted by atomic mass is 16.6. The van der Waals surface area contributed by atoms with Gasteiger partial charge in [0, 0.05) is 5.92 Å². The van der Waals surface area contributed by atoms with Crippen LogP contribution in [0.3, 0.4) is 0 Å². The van der Waals surface area contributed by atoms with Gasteiger partial charge in [0.2, 0.25) is 6.10 Å². The Labute approximate surface area is 101 Å². The summed E-state index contributed by atoms with van der Waals surface area (Å²) < 4.78 is 9.91. The maximum Gasteiger partial charge on any atom is 0.348 e. The molecule has 1 aliphatic rings. The van der Waals surface area contributed by atoms with Gasteiger partial charge >= 0.3 is 5.97 Å². The summed E-state index contributed by atoms with van der Waals surface area (Å²) in [7, 11) is 1.65. The van der Waals surface area contributed by atoms with Crippen LogP contribution in [-0.2, 0) is 9.53 Å². The number of hydrogen-bond donors (Lipinski definition) is 0. The van der Waals surface area contributed by atoms with Gasteiger partial charge in [-0.2, -0.15) is 0 Å². The van der Waals surface area contributed by atoms with Crippen LogP contribution in [0, 0.1) is 5.92 Å². The molecule has 1 aromatic rings. The predicted octanol–water partition coefficient (Wildman–Crippen LogP) is 2.66. The molecule has 0 aliphatic carbocycles. The fourth-order valence-electron chi connectivity index (χ4n) is 1.70. The lowest BCUT2D eigenvalue weighted by Gasteiger charge is -2.01. The van der Waals surface area contributed by atoms with Crippen LogP contribution in [0.25, 0.3) is 6.08 Å². The number of cyclic esters (lactones) is 1. The summed E-state index contributed by atoms with van der Waals surface area (Å²) in [6, 6.07) is 7.85. The molecular weight excluding hydrogens is 216 g/mol. The number of hydrogen-bond acceptors (Lipinski definition) is 3. The second kappa shape index (κ2) is 5.04. The first-order valence-electron chi connectivity index (χ1n) is 5.72. The molecule has 1 aliphatic heterocycles. The number of carbonyl (C=O) groups is 1. The predicted molar refractivity (Wildman–Crippen MR) is 65.7 cm³/mol. The Kier molecular flexibility index (Phi) is 3.47. The van der Waals surface area contributed by atoms with Crippen LogP contribution in [0.1, 0.15) is 18.9 Å². The monoisotopic (exact) mass is 232 g/mol. The summed E-state index contributed by atoms with van der Waals surface area (Å²) in [5.74, 6) is 1.04. The standard InChI is InChI=1S/C14H16O3/c1-10(13-14(15)17-13)4-3-5-11-6-8-12(16-2)9-7-11/h3,5-10,13H,4H2,1-2H3. The van der Waals surface area contributed by atoms with E-state index in [0.29, 0.717) is 0 Å². The molecule has 0 saturated carbocycles. The molecule has 0 radical (unpaired) electrons. The molecule has 2 unspecified atom stereocenters. The van der Waals surface area contributed by atoms with Crippen molar-refractivity contribution in [3.63, 3.8) is 0 Å². The van der Waals surface area contributed by atoms with Gasteiger partial charge in [-0.1, -0.05) is 31.2 Å². The van der Waals surface area contributed by atoms with Crippen LogP contribution in [0.2, 0.25) is 0 Å². The molecule has 90 valence electrons. The van der Waals surface area contributed by atoms with E-state index in [-0.39, 0.29) is 18.0 Å². The highest BCUT2D eigenvalue weighted by Gasteiger charge is 2.42. The summed E-state index contributed by atoms with van der Waals surface area (Å²) in [5.41, 5.74) is 1.13. The van der Waals surface area contributed by atoms with Crippen molar-refractivity contribution in [3.05, 3.63) is 35.9 Å². The molecule has 0 bridgehead atoms. The normalized spacial score (nSPS) is 20.1. The Balaban J connectivity index is 1.84. The maximum atomic E-state index is 10.8. The summed E-state index contributed by atoms with van der Waals surface area (Å²) in [6.45, 7) is 2.02. The minimum absolute atomic E-state index is 0.0738. The zero-order valence-electron chi connectivity index (χ0n) is 10.1. The molecular formula is C14H16O3. The molecule has 3 nitrogen and oxygen atoms in total. The molecule has 0 spiro atoms. The average Bonchev–Trinajstić information content (AvgIpc) is 3.07. The smallest absolute Gasteiger partial charge is 0.348 e. The van der Waals surface area contributed by atoms with Gasteiger partial charge < -0.3 is 9.47 Å². The van der Waals surface area contributed by atoms with E-state index < -0.39 is 0 Å². The second-order valence-electron chi connectivity index (χ2n) is 4.25. The molecule has 1 saturated heterocycles. The van der Waals surface area contributed by atoms with Crippen LogP contribution in [-0.4, -0.2) is 19.2 Å². The van der Waals surface area contributed by atoms with Gasteiger partial charge in [-0.15, -0.1) is 0 Å². The molecule has 1 fully saturated rings. The number of ether oxygens (including phenoxy) is 2. The van der Waals surface area contributed by atoms with E-state index in [9.17, 15) is 4.79 Å². The fourth-order valence-corrected chi connectivity index (χ4v) is 1.70. The van der Waals surface area contributed by atoms with Gasteiger partial charge in [0.1, 0.15) is 5.75 Å². The Morgan fingerprint density at radius 2 is 2.06 bits per heavy atom. The molecule has 0 N–H and O–H groups in total. The van der Waals surface area contributed by atoms with Crippen molar-refractivity contribution >= 4 is 12.0 Å². The number of epoxide rings is 1. The third kappa shape index (κ3) is 3.09. The third-order valence-corrected chi connectivity index (χ3v) is 2.87. The molecule has 2 atom stereocenters. The topological polar surface area (TPSA) is 38.8 Å². The van der Waals surface area contributed by atoms with Gasteiger partial charge in [-0.25, -0.2) is 4.79 Å². The Morgan fingerprint density at radius 3 is 2.59 bits per heavy atom. The summed E-state index contributed by atoms with van der Waals surface area (Å²) in [6.07, 6.45) is 4.79. The van der Waals surface area contributed by atoms with Crippen molar-refractivity contribution in [2.24, 2.45) is 5.92 Å². The van der Waals surface area contributed by atoms with Crippen LogP contribution in [0.4, 0.5) is 0 Å². The van der Waals surface area contributed by atoms with E-state index in [1.807, 2.05) is 37.3 Å². The van der Waals surface area contributed by atoms with Crippen molar-refractivity contribution in [1.82, 2.24) is 0 Å². The molecule has 3 heteroatoms. The first-order chi connectivity index (χ1) is 8.20. The van der Waals surface area contributed by atoms with Gasteiger partial charge in [-0.05, 0) is 24.1 Å². The van der Waals surface area contributed by atoms with Crippen LogP contribution >= 0.6 is 0 Å². The van der Waals surface area contributed by atoms with Gasteiger partial charge in [0.05, 0.1) is 7.11 Å². The van der Waals surface area contributed by atoms with Crippen molar-refractivity contribution in [2.45, 2.75) is 19.4 Å². The largest absolute Gasteiger partial charge is 0.497 e. The number of allylic oxidation sites excluding steroid dienone is 1. The Morgan fingerprint density at radius 1 is 1.41 bits per heavy atom. The fraction of sp³-hybridized carbons (Fsp3) is 0.357. The first kappa shape index (κ1) is 11.7.